The second kappa shape index (κ2) is 6.46. The molecule has 1 aromatic carbocycles. The molecule has 0 aromatic heterocycles. The van der Waals surface area contributed by atoms with E-state index in [2.05, 4.69) is 60.3 Å². The van der Waals surface area contributed by atoms with Crippen LogP contribution in [0.25, 0.3) is 0 Å². The van der Waals surface area contributed by atoms with Crippen molar-refractivity contribution in [2.24, 2.45) is 5.92 Å². The summed E-state index contributed by atoms with van der Waals surface area (Å²) in [5.41, 5.74) is 5.65. The third-order valence-electron chi connectivity index (χ3n) is 3.56. The van der Waals surface area contributed by atoms with E-state index in [0.717, 1.165) is 25.1 Å². The van der Waals surface area contributed by atoms with Gasteiger partial charge in [-0.1, -0.05) is 37.7 Å². The summed E-state index contributed by atoms with van der Waals surface area (Å²) in [4.78, 5) is 13.2. The fourth-order valence-corrected chi connectivity index (χ4v) is 2.91. The highest BCUT2D eigenvalue weighted by Gasteiger charge is 2.27. The molecule has 3 nitrogen and oxygen atoms in total. The van der Waals surface area contributed by atoms with Gasteiger partial charge in [-0.3, -0.25) is 9.69 Å². The van der Waals surface area contributed by atoms with E-state index in [1.54, 1.807) is 0 Å². The Morgan fingerprint density at radius 1 is 1.33 bits per heavy atom. The fourth-order valence-electron chi connectivity index (χ4n) is 2.39. The van der Waals surface area contributed by atoms with Crippen molar-refractivity contribution in [1.82, 2.24) is 4.90 Å². The molecular weight excluding hydrogens is 278 g/mol. The van der Waals surface area contributed by atoms with Crippen LogP contribution in [-0.2, 0) is 11.3 Å². The second-order valence-corrected chi connectivity index (χ2v) is 11.5. The first-order chi connectivity index (χ1) is 9.83. The van der Waals surface area contributed by atoms with Crippen LogP contribution in [-0.4, -0.2) is 37.1 Å². The molecule has 1 fully saturated rings. The lowest BCUT2D eigenvalue weighted by Crippen LogP contribution is -2.22. The minimum atomic E-state index is -1.33. The molecular formula is C17H23NO2Si. The van der Waals surface area contributed by atoms with Gasteiger partial charge in [0.15, 0.2) is 0 Å². The lowest BCUT2D eigenvalue weighted by Gasteiger charge is -2.15. The number of benzene rings is 1. The zero-order valence-electron chi connectivity index (χ0n) is 13.0. The van der Waals surface area contributed by atoms with Gasteiger partial charge in [0.2, 0.25) is 0 Å². The molecule has 1 N–H and O–H groups in total. The van der Waals surface area contributed by atoms with Crippen molar-refractivity contribution < 1.29 is 9.90 Å². The molecule has 1 aliphatic rings. The summed E-state index contributed by atoms with van der Waals surface area (Å²) in [6.07, 6.45) is 0.759. The van der Waals surface area contributed by atoms with Gasteiger partial charge in [0.1, 0.15) is 8.07 Å². The fraction of sp³-hybridized carbons (Fsp3) is 0.471. The van der Waals surface area contributed by atoms with E-state index in [-0.39, 0.29) is 5.92 Å². The van der Waals surface area contributed by atoms with E-state index in [0.29, 0.717) is 6.54 Å². The zero-order chi connectivity index (χ0) is 15.5. The van der Waals surface area contributed by atoms with Gasteiger partial charge in [0.05, 0.1) is 5.92 Å². The predicted octanol–water partition coefficient (Wildman–Crippen LogP) is 2.82. The summed E-state index contributed by atoms with van der Waals surface area (Å²) in [7, 11) is -1.33. The van der Waals surface area contributed by atoms with Gasteiger partial charge in [0.25, 0.3) is 0 Å². The van der Waals surface area contributed by atoms with Gasteiger partial charge in [-0.15, -0.1) is 5.54 Å². The number of likely N-dealkylation sites (tertiary alicyclic amines) is 1. The van der Waals surface area contributed by atoms with Gasteiger partial charge < -0.3 is 5.11 Å². The lowest BCUT2D eigenvalue weighted by atomic mass is 10.1. The Balaban J connectivity index is 1.94. The van der Waals surface area contributed by atoms with E-state index in [1.165, 1.54) is 5.56 Å². The van der Waals surface area contributed by atoms with Crippen LogP contribution in [0.1, 0.15) is 17.5 Å². The first-order valence-corrected chi connectivity index (χ1v) is 10.9. The lowest BCUT2D eigenvalue weighted by molar-refractivity contribution is -0.141. The monoisotopic (exact) mass is 301 g/mol. The minimum Gasteiger partial charge on any atom is -0.481 e. The number of hydrogen-bond acceptors (Lipinski definition) is 2. The zero-order valence-corrected chi connectivity index (χ0v) is 14.0. The Kier molecular flexibility index (Phi) is 4.87. The third kappa shape index (κ3) is 5.03. The first kappa shape index (κ1) is 15.8. The molecule has 1 atom stereocenters. The molecule has 1 heterocycles. The quantitative estimate of drug-likeness (QED) is 0.689. The molecule has 2 rings (SSSR count). The molecule has 0 saturated carbocycles. The molecule has 0 spiro atoms. The Morgan fingerprint density at radius 2 is 2.00 bits per heavy atom. The predicted molar refractivity (Wildman–Crippen MR) is 87.7 cm³/mol. The number of aliphatic carboxylic acids is 1. The molecule has 1 saturated heterocycles. The number of rotatable bonds is 3. The summed E-state index contributed by atoms with van der Waals surface area (Å²) >= 11 is 0. The number of nitrogens with zero attached hydrogens (tertiary/aromatic N) is 1. The van der Waals surface area contributed by atoms with Crippen LogP contribution >= 0.6 is 0 Å². The van der Waals surface area contributed by atoms with Crippen molar-refractivity contribution in [1.29, 1.82) is 0 Å². The average molecular weight is 301 g/mol. The Labute approximate surface area is 128 Å². The summed E-state index contributed by atoms with van der Waals surface area (Å²) in [6, 6.07) is 8.32. The first-order valence-electron chi connectivity index (χ1n) is 7.41. The Hall–Kier alpha value is -1.57. The topological polar surface area (TPSA) is 40.5 Å². The van der Waals surface area contributed by atoms with Crippen molar-refractivity contribution in [3.63, 3.8) is 0 Å². The van der Waals surface area contributed by atoms with Crippen LogP contribution in [0, 0.1) is 17.4 Å². The Bertz CT molecular complexity index is 563. The molecule has 1 aromatic rings. The van der Waals surface area contributed by atoms with Crippen LogP contribution in [0.5, 0.6) is 0 Å². The Morgan fingerprint density at radius 3 is 2.52 bits per heavy atom. The molecule has 0 bridgehead atoms. The highest BCUT2D eigenvalue weighted by Crippen LogP contribution is 2.19. The summed E-state index contributed by atoms with van der Waals surface area (Å²) in [5, 5.41) is 9.02. The highest BCUT2D eigenvalue weighted by atomic mass is 28.3. The van der Waals surface area contributed by atoms with Crippen molar-refractivity contribution in [2.75, 3.05) is 13.1 Å². The number of hydrogen-bond donors (Lipinski definition) is 1. The number of carboxylic acids is 1. The van der Waals surface area contributed by atoms with Crippen LogP contribution in [0.2, 0.25) is 19.6 Å². The normalized spacial score (nSPS) is 19.1. The molecule has 21 heavy (non-hydrogen) atoms. The van der Waals surface area contributed by atoms with E-state index >= 15 is 0 Å². The summed E-state index contributed by atoms with van der Waals surface area (Å²) in [6.45, 7) is 9.06. The van der Waals surface area contributed by atoms with Gasteiger partial charge in [-0.25, -0.2) is 0 Å². The van der Waals surface area contributed by atoms with Crippen molar-refractivity contribution in [2.45, 2.75) is 32.6 Å². The van der Waals surface area contributed by atoms with E-state index in [9.17, 15) is 4.79 Å². The largest absolute Gasteiger partial charge is 0.481 e. The SMILES string of the molecule is C[Si](C)(C)C#Cc1ccc(CN2CCC(C(=O)O)C2)cc1. The summed E-state index contributed by atoms with van der Waals surface area (Å²) in [5.74, 6) is 2.37. The molecule has 4 heteroatoms. The van der Waals surface area contributed by atoms with Gasteiger partial charge in [-0.05, 0) is 30.7 Å². The molecule has 0 aliphatic carbocycles. The van der Waals surface area contributed by atoms with Crippen LogP contribution in [0.4, 0.5) is 0 Å². The third-order valence-corrected chi connectivity index (χ3v) is 4.44. The van der Waals surface area contributed by atoms with E-state index < -0.39 is 14.0 Å². The van der Waals surface area contributed by atoms with Crippen LogP contribution in [0.3, 0.4) is 0 Å². The minimum absolute atomic E-state index is 0.202. The molecule has 0 amide bonds. The van der Waals surface area contributed by atoms with E-state index in [1.807, 2.05) is 0 Å². The van der Waals surface area contributed by atoms with Gasteiger partial charge in [-0.2, -0.15) is 0 Å². The standard InChI is InChI=1S/C17H23NO2Si/c1-21(2,3)11-9-14-4-6-15(7-5-14)12-18-10-8-16(13-18)17(19)20/h4-7,16H,8,10,12-13H2,1-3H3,(H,19,20). The maximum atomic E-state index is 11.0. The van der Waals surface area contributed by atoms with Gasteiger partial charge in [0, 0.05) is 18.7 Å². The second-order valence-electron chi connectivity index (χ2n) is 6.76. The van der Waals surface area contributed by atoms with Gasteiger partial charge >= 0.3 is 5.97 Å². The maximum absolute atomic E-state index is 11.0. The summed E-state index contributed by atoms with van der Waals surface area (Å²) < 4.78 is 0. The van der Waals surface area contributed by atoms with Crippen molar-refractivity contribution in [3.8, 4) is 11.5 Å². The average Bonchev–Trinajstić information content (AvgIpc) is 2.86. The number of carbonyl (C=O) groups is 1. The molecule has 0 radical (unpaired) electrons. The maximum Gasteiger partial charge on any atom is 0.307 e. The highest BCUT2D eigenvalue weighted by molar-refractivity contribution is 6.83. The van der Waals surface area contributed by atoms with Crippen LogP contribution < -0.4 is 0 Å². The molecule has 112 valence electrons. The van der Waals surface area contributed by atoms with E-state index in [4.69, 9.17) is 5.11 Å². The smallest absolute Gasteiger partial charge is 0.307 e. The number of carboxylic acid groups (broad SMARTS) is 1. The molecule has 1 unspecified atom stereocenters. The molecule has 1 aliphatic heterocycles. The van der Waals surface area contributed by atoms with Crippen molar-refractivity contribution >= 4 is 14.0 Å². The van der Waals surface area contributed by atoms with Crippen molar-refractivity contribution in [3.05, 3.63) is 35.4 Å². The van der Waals surface area contributed by atoms with Crippen LogP contribution in [0.15, 0.2) is 24.3 Å².